The van der Waals surface area contributed by atoms with Gasteiger partial charge in [-0.05, 0) is 56.2 Å². The molecule has 5 rings (SSSR count). The minimum absolute atomic E-state index is 0.0240. The number of hydrogen-bond acceptors (Lipinski definition) is 5. The van der Waals surface area contributed by atoms with Gasteiger partial charge in [0.2, 0.25) is 0 Å². The van der Waals surface area contributed by atoms with Gasteiger partial charge in [-0.1, -0.05) is 17.7 Å². The predicted octanol–water partition coefficient (Wildman–Crippen LogP) is 4.99. The number of rotatable bonds is 5. The number of likely N-dealkylation sites (tertiary alicyclic amines) is 1. The van der Waals surface area contributed by atoms with E-state index in [0.29, 0.717) is 37.4 Å². The van der Waals surface area contributed by atoms with Gasteiger partial charge >= 0.3 is 0 Å². The smallest absolute Gasteiger partial charge is 0.268 e. The number of nitrogens with zero attached hydrogens (tertiary/aromatic N) is 3. The van der Waals surface area contributed by atoms with Crippen LogP contribution in [0.4, 0.5) is 8.78 Å². The van der Waals surface area contributed by atoms with E-state index < -0.39 is 21.7 Å². The molecule has 4 aromatic rings. The minimum Gasteiger partial charge on any atom is -0.448 e. The van der Waals surface area contributed by atoms with Crippen LogP contribution in [-0.4, -0.2) is 41.3 Å². The van der Waals surface area contributed by atoms with Crippen LogP contribution >= 0.6 is 0 Å². The minimum atomic E-state index is -4.07. The lowest BCUT2D eigenvalue weighted by Gasteiger charge is -2.31. The van der Waals surface area contributed by atoms with Gasteiger partial charge < -0.3 is 9.32 Å². The summed E-state index contributed by atoms with van der Waals surface area (Å²) in [5.41, 5.74) is 1.50. The molecular weight excluding hydrogens is 488 g/mol. The molecule has 0 aliphatic carbocycles. The molecule has 1 atom stereocenters. The standard InChI is InChI=1S/C26H23F2N3O4S/c1-17-4-10-22(11-5-17)36(33,34)31-15-21(28)13-24(31)23-16-35-25(29-23)19-3-2-12-30(14-19)26(32)18-6-8-20(27)9-7-18/h4-11,13,15-16,19H,2-3,12,14H2,1H3/t19-/m0/s1. The maximum atomic E-state index is 14.3. The number of aryl methyl sites for hydroxylation is 1. The summed E-state index contributed by atoms with van der Waals surface area (Å²) in [7, 11) is -4.07. The lowest BCUT2D eigenvalue weighted by molar-refractivity contribution is 0.0698. The van der Waals surface area contributed by atoms with Crippen molar-refractivity contribution in [3.05, 3.63) is 95.7 Å². The molecule has 0 radical (unpaired) electrons. The van der Waals surface area contributed by atoms with Gasteiger partial charge in [-0.3, -0.25) is 4.79 Å². The third-order valence-corrected chi connectivity index (χ3v) is 7.95. The van der Waals surface area contributed by atoms with Gasteiger partial charge in [-0.2, -0.15) is 0 Å². The van der Waals surface area contributed by atoms with Crippen molar-refractivity contribution in [3.8, 4) is 11.4 Å². The highest BCUT2D eigenvalue weighted by Gasteiger charge is 2.30. The zero-order valence-electron chi connectivity index (χ0n) is 19.4. The maximum absolute atomic E-state index is 14.3. The predicted molar refractivity (Wildman–Crippen MR) is 128 cm³/mol. The summed E-state index contributed by atoms with van der Waals surface area (Å²) < 4.78 is 60.4. The Hall–Kier alpha value is -3.79. The SMILES string of the molecule is Cc1ccc(S(=O)(=O)n2cc(F)cc2-c2coc([C@H]3CCCN(C(=O)c4ccc(F)cc4)C3)n2)cc1. The number of aromatic nitrogens is 2. The Morgan fingerprint density at radius 1 is 1.06 bits per heavy atom. The lowest BCUT2D eigenvalue weighted by Crippen LogP contribution is -2.39. The Kier molecular flexibility index (Phi) is 6.21. The molecule has 3 heterocycles. The Balaban J connectivity index is 1.40. The van der Waals surface area contributed by atoms with Gasteiger partial charge in [0.05, 0.1) is 22.7 Å². The highest BCUT2D eigenvalue weighted by Crippen LogP contribution is 2.31. The first kappa shape index (κ1) is 23.9. The van der Waals surface area contributed by atoms with Crippen LogP contribution in [0.15, 0.2) is 76.4 Å². The molecule has 10 heteroatoms. The summed E-state index contributed by atoms with van der Waals surface area (Å²) in [6.07, 6.45) is 3.63. The monoisotopic (exact) mass is 511 g/mol. The molecule has 2 aromatic carbocycles. The van der Waals surface area contributed by atoms with Crippen molar-refractivity contribution in [3.63, 3.8) is 0 Å². The first-order valence-corrected chi connectivity index (χ1v) is 12.9. The van der Waals surface area contributed by atoms with E-state index in [-0.39, 0.29) is 28.1 Å². The fourth-order valence-corrected chi connectivity index (χ4v) is 5.71. The van der Waals surface area contributed by atoms with E-state index in [4.69, 9.17) is 4.42 Å². The zero-order chi connectivity index (χ0) is 25.4. The highest BCUT2D eigenvalue weighted by molar-refractivity contribution is 7.90. The van der Waals surface area contributed by atoms with Crippen LogP contribution in [0.2, 0.25) is 0 Å². The van der Waals surface area contributed by atoms with Gasteiger partial charge in [0.15, 0.2) is 5.89 Å². The number of oxazole rings is 1. The Bertz CT molecular complexity index is 1510. The summed E-state index contributed by atoms with van der Waals surface area (Å²) in [5, 5.41) is 0. The fourth-order valence-electron chi connectivity index (χ4n) is 4.35. The van der Waals surface area contributed by atoms with E-state index in [1.54, 1.807) is 17.0 Å². The average Bonchev–Trinajstić information content (AvgIpc) is 3.52. The number of halogens is 2. The fraction of sp³-hybridized carbons (Fsp3) is 0.231. The molecule has 1 aliphatic heterocycles. The molecule has 0 unspecified atom stereocenters. The van der Waals surface area contributed by atoms with Crippen LogP contribution in [0.1, 0.15) is 40.6 Å². The van der Waals surface area contributed by atoms with Crippen molar-refractivity contribution < 1.29 is 26.4 Å². The Morgan fingerprint density at radius 2 is 1.78 bits per heavy atom. The van der Waals surface area contributed by atoms with Crippen molar-refractivity contribution >= 4 is 15.9 Å². The van der Waals surface area contributed by atoms with Crippen LogP contribution in [0.5, 0.6) is 0 Å². The molecule has 36 heavy (non-hydrogen) atoms. The largest absolute Gasteiger partial charge is 0.448 e. The van der Waals surface area contributed by atoms with Crippen molar-refractivity contribution in [1.82, 2.24) is 13.9 Å². The highest BCUT2D eigenvalue weighted by atomic mass is 32.2. The second-order valence-corrected chi connectivity index (χ2v) is 10.6. The van der Waals surface area contributed by atoms with Gasteiger partial charge in [0.1, 0.15) is 23.6 Å². The van der Waals surface area contributed by atoms with E-state index in [1.165, 1.54) is 42.7 Å². The zero-order valence-corrected chi connectivity index (χ0v) is 20.2. The van der Waals surface area contributed by atoms with E-state index >= 15 is 0 Å². The molecule has 0 spiro atoms. The number of carbonyl (C=O) groups is 1. The van der Waals surface area contributed by atoms with Crippen LogP contribution < -0.4 is 0 Å². The summed E-state index contributed by atoms with van der Waals surface area (Å²) in [6.45, 7) is 2.73. The van der Waals surface area contributed by atoms with Gasteiger partial charge in [-0.15, -0.1) is 0 Å². The third kappa shape index (κ3) is 4.56. The summed E-state index contributed by atoms with van der Waals surface area (Å²) in [5.74, 6) is -1.24. The Morgan fingerprint density at radius 3 is 2.50 bits per heavy atom. The normalized spacial score (nSPS) is 16.3. The van der Waals surface area contributed by atoms with Crippen molar-refractivity contribution in [1.29, 1.82) is 0 Å². The lowest BCUT2D eigenvalue weighted by atomic mass is 9.97. The van der Waals surface area contributed by atoms with Crippen molar-refractivity contribution in [2.75, 3.05) is 13.1 Å². The van der Waals surface area contributed by atoms with Gasteiger partial charge in [0, 0.05) is 24.7 Å². The molecule has 7 nitrogen and oxygen atoms in total. The van der Waals surface area contributed by atoms with Crippen LogP contribution in [0.25, 0.3) is 11.4 Å². The molecule has 1 saturated heterocycles. The van der Waals surface area contributed by atoms with Crippen molar-refractivity contribution in [2.24, 2.45) is 0 Å². The molecule has 2 aromatic heterocycles. The molecule has 0 bridgehead atoms. The third-order valence-electron chi connectivity index (χ3n) is 6.26. The number of piperidine rings is 1. The molecule has 1 amide bonds. The molecule has 1 aliphatic rings. The molecule has 0 saturated carbocycles. The van der Waals surface area contributed by atoms with Crippen LogP contribution in [0.3, 0.4) is 0 Å². The quantitative estimate of drug-likeness (QED) is 0.377. The second kappa shape index (κ2) is 9.34. The van der Waals surface area contributed by atoms with Crippen LogP contribution in [-0.2, 0) is 10.0 Å². The van der Waals surface area contributed by atoms with E-state index in [0.717, 1.165) is 21.8 Å². The number of amides is 1. The van der Waals surface area contributed by atoms with Gasteiger partial charge in [-0.25, -0.2) is 26.2 Å². The van der Waals surface area contributed by atoms with Crippen molar-refractivity contribution in [2.45, 2.75) is 30.6 Å². The number of hydrogen-bond donors (Lipinski definition) is 0. The van der Waals surface area contributed by atoms with E-state index in [9.17, 15) is 22.0 Å². The summed E-state index contributed by atoms with van der Waals surface area (Å²) in [6, 6.07) is 12.7. The maximum Gasteiger partial charge on any atom is 0.268 e. The second-order valence-electron chi connectivity index (χ2n) is 8.83. The topological polar surface area (TPSA) is 85.4 Å². The van der Waals surface area contributed by atoms with E-state index in [2.05, 4.69) is 4.98 Å². The number of benzene rings is 2. The Labute approximate surface area is 207 Å². The first-order chi connectivity index (χ1) is 17.2. The molecule has 1 fully saturated rings. The van der Waals surface area contributed by atoms with Gasteiger partial charge in [0.25, 0.3) is 15.9 Å². The molecule has 186 valence electrons. The average molecular weight is 512 g/mol. The van der Waals surface area contributed by atoms with Crippen LogP contribution in [0, 0.1) is 18.6 Å². The molecule has 0 N–H and O–H groups in total. The summed E-state index contributed by atoms with van der Waals surface area (Å²) >= 11 is 0. The number of carbonyl (C=O) groups excluding carboxylic acids is 1. The molecular formula is C26H23F2N3O4S. The summed E-state index contributed by atoms with van der Waals surface area (Å²) in [4.78, 5) is 19.0. The van der Waals surface area contributed by atoms with E-state index in [1.807, 2.05) is 6.92 Å². The first-order valence-electron chi connectivity index (χ1n) is 11.4.